The zero-order valence-electron chi connectivity index (χ0n) is 12.7. The first-order valence-corrected chi connectivity index (χ1v) is 7.73. The van der Waals surface area contributed by atoms with Gasteiger partial charge in [-0.2, -0.15) is 0 Å². The van der Waals surface area contributed by atoms with E-state index in [1.54, 1.807) is 48.9 Å². The van der Waals surface area contributed by atoms with Crippen LogP contribution in [0.3, 0.4) is 0 Å². The van der Waals surface area contributed by atoms with Gasteiger partial charge < -0.3 is 10.6 Å². The minimum Gasteiger partial charge on any atom is -0.380 e. The molecule has 0 bridgehead atoms. The van der Waals surface area contributed by atoms with E-state index in [-0.39, 0.29) is 5.91 Å². The van der Waals surface area contributed by atoms with Gasteiger partial charge in [-0.3, -0.25) is 14.8 Å². The van der Waals surface area contributed by atoms with Crippen LogP contribution in [0.15, 0.2) is 67.3 Å². The van der Waals surface area contributed by atoms with Crippen LogP contribution in [-0.2, 0) is 6.54 Å². The Balaban J connectivity index is 1.67. The Morgan fingerprint density at radius 1 is 1.00 bits per heavy atom. The maximum absolute atomic E-state index is 12.3. The van der Waals surface area contributed by atoms with E-state index < -0.39 is 0 Å². The van der Waals surface area contributed by atoms with Crippen LogP contribution in [-0.4, -0.2) is 15.9 Å². The summed E-state index contributed by atoms with van der Waals surface area (Å²) in [4.78, 5) is 20.5. The van der Waals surface area contributed by atoms with Crippen molar-refractivity contribution in [2.75, 3.05) is 10.6 Å². The first-order valence-electron chi connectivity index (χ1n) is 7.35. The predicted molar refractivity (Wildman–Crippen MR) is 95.2 cm³/mol. The first-order chi connectivity index (χ1) is 11.7. The highest BCUT2D eigenvalue weighted by Crippen LogP contribution is 2.17. The van der Waals surface area contributed by atoms with Crippen molar-refractivity contribution in [1.29, 1.82) is 0 Å². The molecule has 2 heterocycles. The largest absolute Gasteiger partial charge is 0.380 e. The van der Waals surface area contributed by atoms with Gasteiger partial charge in [-0.15, -0.1) is 0 Å². The van der Waals surface area contributed by atoms with Crippen molar-refractivity contribution in [3.63, 3.8) is 0 Å². The van der Waals surface area contributed by atoms with Crippen molar-refractivity contribution in [3.05, 3.63) is 83.4 Å². The summed E-state index contributed by atoms with van der Waals surface area (Å²) in [6.45, 7) is 0.606. The van der Waals surface area contributed by atoms with Crippen LogP contribution in [0.2, 0.25) is 5.02 Å². The minimum absolute atomic E-state index is 0.241. The maximum atomic E-state index is 12.3. The lowest BCUT2D eigenvalue weighted by Crippen LogP contribution is -2.12. The van der Waals surface area contributed by atoms with Gasteiger partial charge in [0.2, 0.25) is 0 Å². The topological polar surface area (TPSA) is 66.9 Å². The van der Waals surface area contributed by atoms with Crippen molar-refractivity contribution in [1.82, 2.24) is 9.97 Å². The maximum Gasteiger partial charge on any atom is 0.257 e. The summed E-state index contributed by atoms with van der Waals surface area (Å²) in [5.41, 5.74) is 2.91. The summed E-state index contributed by atoms with van der Waals surface area (Å²) in [7, 11) is 0. The van der Waals surface area contributed by atoms with E-state index in [0.717, 1.165) is 11.3 Å². The summed E-state index contributed by atoms with van der Waals surface area (Å²) in [6.07, 6.45) is 6.71. The van der Waals surface area contributed by atoms with E-state index in [1.165, 1.54) is 6.20 Å². The Hall–Kier alpha value is -2.92. The highest BCUT2D eigenvalue weighted by molar-refractivity contribution is 6.30. The number of nitrogens with zero attached hydrogens (tertiary/aromatic N) is 2. The molecule has 0 saturated carbocycles. The van der Waals surface area contributed by atoms with Gasteiger partial charge in [-0.05, 0) is 35.9 Å². The average Bonchev–Trinajstić information content (AvgIpc) is 2.61. The van der Waals surface area contributed by atoms with Gasteiger partial charge in [0.05, 0.1) is 11.3 Å². The second kappa shape index (κ2) is 7.57. The summed E-state index contributed by atoms with van der Waals surface area (Å²) in [5.74, 6) is -0.241. The van der Waals surface area contributed by atoms with Gasteiger partial charge in [0.1, 0.15) is 0 Å². The Kier molecular flexibility index (Phi) is 5.03. The number of carbonyl (C=O) groups is 1. The third-order valence-electron chi connectivity index (χ3n) is 3.30. The number of carbonyl (C=O) groups excluding carboxylic acids is 1. The predicted octanol–water partition coefficient (Wildman–Crippen LogP) is 3.99. The van der Waals surface area contributed by atoms with Crippen LogP contribution in [0.1, 0.15) is 15.9 Å². The molecule has 24 heavy (non-hydrogen) atoms. The lowest BCUT2D eigenvalue weighted by Gasteiger charge is -2.09. The third-order valence-corrected chi connectivity index (χ3v) is 3.54. The molecule has 0 aliphatic heterocycles. The highest BCUT2D eigenvalue weighted by atomic mass is 35.5. The summed E-state index contributed by atoms with van der Waals surface area (Å²) >= 11 is 5.92. The molecular formula is C18H15ClN4O. The number of pyridine rings is 2. The van der Waals surface area contributed by atoms with Crippen molar-refractivity contribution in [3.8, 4) is 0 Å². The van der Waals surface area contributed by atoms with E-state index in [1.807, 2.05) is 12.1 Å². The van der Waals surface area contributed by atoms with Crippen molar-refractivity contribution in [2.45, 2.75) is 6.54 Å². The number of hydrogen-bond acceptors (Lipinski definition) is 4. The number of benzene rings is 1. The van der Waals surface area contributed by atoms with Gasteiger partial charge in [0, 0.05) is 42.0 Å². The number of amides is 1. The van der Waals surface area contributed by atoms with Gasteiger partial charge in [-0.1, -0.05) is 23.7 Å². The highest BCUT2D eigenvalue weighted by Gasteiger charge is 2.08. The number of halogens is 1. The standard InChI is InChI=1S/C18H15ClN4O/c19-15-4-1-5-16(8-15)23-18(24)14-7-17(12-21-11-14)22-10-13-3-2-6-20-9-13/h1-9,11-12,22H,10H2,(H,23,24). The number of rotatable bonds is 5. The molecule has 2 aromatic heterocycles. The van der Waals surface area contributed by atoms with Crippen LogP contribution in [0, 0.1) is 0 Å². The fraction of sp³-hybridized carbons (Fsp3) is 0.0556. The fourth-order valence-electron chi connectivity index (χ4n) is 2.14. The first kappa shape index (κ1) is 16.0. The molecule has 120 valence electrons. The van der Waals surface area contributed by atoms with Crippen LogP contribution in [0.5, 0.6) is 0 Å². The smallest absolute Gasteiger partial charge is 0.257 e. The van der Waals surface area contributed by atoms with Crippen LogP contribution in [0.25, 0.3) is 0 Å². The van der Waals surface area contributed by atoms with Crippen molar-refractivity contribution >= 4 is 28.9 Å². The Morgan fingerprint density at radius 2 is 1.92 bits per heavy atom. The summed E-state index contributed by atoms with van der Waals surface area (Å²) in [5, 5.41) is 6.59. The Bertz CT molecular complexity index is 839. The number of hydrogen-bond donors (Lipinski definition) is 2. The molecule has 6 heteroatoms. The molecule has 0 aliphatic carbocycles. The van der Waals surface area contributed by atoms with Gasteiger partial charge >= 0.3 is 0 Å². The zero-order valence-corrected chi connectivity index (χ0v) is 13.5. The SMILES string of the molecule is O=C(Nc1cccc(Cl)c1)c1cncc(NCc2cccnc2)c1. The van der Waals surface area contributed by atoms with E-state index in [4.69, 9.17) is 11.6 Å². The quantitative estimate of drug-likeness (QED) is 0.738. The molecule has 0 radical (unpaired) electrons. The molecule has 3 rings (SSSR count). The molecule has 3 aromatic rings. The van der Waals surface area contributed by atoms with E-state index in [2.05, 4.69) is 20.6 Å². The lowest BCUT2D eigenvalue weighted by molar-refractivity contribution is 0.102. The molecule has 1 amide bonds. The molecule has 0 fully saturated rings. The average molecular weight is 339 g/mol. The second-order valence-corrected chi connectivity index (χ2v) is 5.58. The number of aromatic nitrogens is 2. The molecule has 0 aliphatic rings. The fourth-order valence-corrected chi connectivity index (χ4v) is 2.33. The van der Waals surface area contributed by atoms with E-state index in [0.29, 0.717) is 22.8 Å². The Labute approximate surface area is 144 Å². The van der Waals surface area contributed by atoms with Crippen molar-refractivity contribution < 1.29 is 4.79 Å². The van der Waals surface area contributed by atoms with Crippen molar-refractivity contribution in [2.24, 2.45) is 0 Å². The van der Waals surface area contributed by atoms with E-state index in [9.17, 15) is 4.79 Å². The van der Waals surface area contributed by atoms with Crippen LogP contribution >= 0.6 is 11.6 Å². The molecule has 0 atom stereocenters. The summed E-state index contributed by atoms with van der Waals surface area (Å²) < 4.78 is 0. The summed E-state index contributed by atoms with van der Waals surface area (Å²) in [6, 6.07) is 12.6. The van der Waals surface area contributed by atoms with Crippen LogP contribution in [0.4, 0.5) is 11.4 Å². The lowest BCUT2D eigenvalue weighted by atomic mass is 10.2. The van der Waals surface area contributed by atoms with Gasteiger partial charge in [0.25, 0.3) is 5.91 Å². The second-order valence-electron chi connectivity index (χ2n) is 5.14. The molecule has 0 spiro atoms. The van der Waals surface area contributed by atoms with Gasteiger partial charge in [0.15, 0.2) is 0 Å². The zero-order chi connectivity index (χ0) is 16.8. The molecular weight excluding hydrogens is 324 g/mol. The van der Waals surface area contributed by atoms with Gasteiger partial charge in [-0.25, -0.2) is 0 Å². The number of nitrogens with one attached hydrogen (secondary N) is 2. The Morgan fingerprint density at radius 3 is 2.71 bits per heavy atom. The monoisotopic (exact) mass is 338 g/mol. The molecule has 5 nitrogen and oxygen atoms in total. The molecule has 2 N–H and O–H groups in total. The molecule has 1 aromatic carbocycles. The van der Waals surface area contributed by atoms with Crippen LogP contribution < -0.4 is 10.6 Å². The minimum atomic E-state index is -0.241. The van der Waals surface area contributed by atoms with E-state index >= 15 is 0 Å². The molecule has 0 unspecified atom stereocenters. The normalized spacial score (nSPS) is 10.2. The third kappa shape index (κ3) is 4.30. The number of anilines is 2. The molecule has 0 saturated heterocycles.